The number of aliphatic hydroxyl groups is 1. The highest BCUT2D eigenvalue weighted by molar-refractivity contribution is 9.10. The molecular weight excluding hydrogens is 272 g/mol. The van der Waals surface area contributed by atoms with Crippen LogP contribution in [0.3, 0.4) is 0 Å². The van der Waals surface area contributed by atoms with E-state index in [9.17, 15) is 9.90 Å². The van der Waals surface area contributed by atoms with E-state index in [1.165, 1.54) is 7.11 Å². The van der Waals surface area contributed by atoms with Crippen LogP contribution in [-0.2, 0) is 9.53 Å². The third-order valence-electron chi connectivity index (χ3n) is 2.59. The zero-order valence-electron chi connectivity index (χ0n) is 9.53. The van der Waals surface area contributed by atoms with Gasteiger partial charge in [0.05, 0.1) is 18.6 Å². The molecule has 88 valence electrons. The van der Waals surface area contributed by atoms with Crippen LogP contribution < -0.4 is 0 Å². The highest BCUT2D eigenvalue weighted by Gasteiger charge is 2.38. The highest BCUT2D eigenvalue weighted by Crippen LogP contribution is 2.37. The summed E-state index contributed by atoms with van der Waals surface area (Å²) in [4.78, 5) is 11.6. The van der Waals surface area contributed by atoms with Gasteiger partial charge in [-0.1, -0.05) is 34.1 Å². The number of carbonyl (C=O) groups excluding carboxylic acids is 1. The minimum Gasteiger partial charge on any atom is -0.469 e. The fraction of sp³-hybridized carbons (Fsp3) is 0.417. The standard InChI is InChI=1S/C12H15BrO3/c1-12(2,11(15)16-3)10(14)8-6-4-5-7-9(8)13/h4-7,10,14H,1-3H3/t10-/m0/s1. The zero-order valence-corrected chi connectivity index (χ0v) is 11.1. The van der Waals surface area contributed by atoms with Crippen molar-refractivity contribution < 1.29 is 14.6 Å². The molecule has 0 radical (unpaired) electrons. The van der Waals surface area contributed by atoms with Crippen molar-refractivity contribution in [2.45, 2.75) is 20.0 Å². The smallest absolute Gasteiger partial charge is 0.314 e. The van der Waals surface area contributed by atoms with Gasteiger partial charge in [0, 0.05) is 4.47 Å². The summed E-state index contributed by atoms with van der Waals surface area (Å²) in [6, 6.07) is 7.27. The number of esters is 1. The maximum atomic E-state index is 11.6. The van der Waals surface area contributed by atoms with Gasteiger partial charge < -0.3 is 9.84 Å². The lowest BCUT2D eigenvalue weighted by Crippen LogP contribution is -2.32. The van der Waals surface area contributed by atoms with Crippen molar-refractivity contribution in [2.24, 2.45) is 5.41 Å². The molecule has 1 atom stereocenters. The minimum absolute atomic E-state index is 0.434. The first kappa shape index (κ1) is 13.2. The number of halogens is 1. The molecule has 0 saturated carbocycles. The van der Waals surface area contributed by atoms with Crippen molar-refractivity contribution in [3.63, 3.8) is 0 Å². The molecule has 0 unspecified atom stereocenters. The van der Waals surface area contributed by atoms with Gasteiger partial charge in [0.2, 0.25) is 0 Å². The van der Waals surface area contributed by atoms with Crippen LogP contribution in [0.4, 0.5) is 0 Å². The Labute approximate surface area is 104 Å². The average Bonchev–Trinajstić information content (AvgIpc) is 2.27. The molecule has 1 rings (SSSR count). The second-order valence-corrected chi connectivity index (χ2v) is 4.99. The van der Waals surface area contributed by atoms with Crippen LogP contribution in [0, 0.1) is 5.41 Å². The van der Waals surface area contributed by atoms with Crippen LogP contribution >= 0.6 is 15.9 Å². The summed E-state index contributed by atoms with van der Waals surface area (Å²) < 4.78 is 5.46. The number of hydrogen-bond acceptors (Lipinski definition) is 3. The van der Waals surface area contributed by atoms with E-state index in [-0.39, 0.29) is 0 Å². The van der Waals surface area contributed by atoms with Gasteiger partial charge in [0.1, 0.15) is 0 Å². The van der Waals surface area contributed by atoms with Crippen LogP contribution in [0.15, 0.2) is 28.7 Å². The van der Waals surface area contributed by atoms with Crippen molar-refractivity contribution in [3.05, 3.63) is 34.3 Å². The highest BCUT2D eigenvalue weighted by atomic mass is 79.9. The lowest BCUT2D eigenvalue weighted by molar-refractivity contribution is -0.157. The number of methoxy groups -OCH3 is 1. The lowest BCUT2D eigenvalue weighted by Gasteiger charge is -2.28. The summed E-state index contributed by atoms with van der Waals surface area (Å²) in [7, 11) is 1.32. The summed E-state index contributed by atoms with van der Waals surface area (Å²) in [6.07, 6.45) is -0.907. The van der Waals surface area contributed by atoms with Crippen molar-refractivity contribution >= 4 is 21.9 Å². The lowest BCUT2D eigenvalue weighted by atomic mass is 9.83. The molecule has 0 aliphatic rings. The summed E-state index contributed by atoms with van der Waals surface area (Å²) in [5, 5.41) is 10.2. The van der Waals surface area contributed by atoms with Crippen LogP contribution in [0.25, 0.3) is 0 Å². The number of rotatable bonds is 3. The molecule has 0 aliphatic carbocycles. The van der Waals surface area contributed by atoms with E-state index < -0.39 is 17.5 Å². The Morgan fingerprint density at radius 3 is 2.50 bits per heavy atom. The molecule has 0 amide bonds. The number of carbonyl (C=O) groups is 1. The maximum absolute atomic E-state index is 11.6. The van der Waals surface area contributed by atoms with Crippen molar-refractivity contribution in [2.75, 3.05) is 7.11 Å². The third-order valence-corrected chi connectivity index (χ3v) is 3.32. The normalized spacial score (nSPS) is 13.3. The van der Waals surface area contributed by atoms with E-state index in [4.69, 9.17) is 0 Å². The molecular formula is C12H15BrO3. The van der Waals surface area contributed by atoms with E-state index in [1.807, 2.05) is 18.2 Å². The van der Waals surface area contributed by atoms with Crippen molar-refractivity contribution in [3.8, 4) is 0 Å². The predicted octanol–water partition coefficient (Wildman–Crippen LogP) is 2.68. The Bertz CT molecular complexity index is 388. The Morgan fingerprint density at radius 2 is 2.00 bits per heavy atom. The van der Waals surface area contributed by atoms with Crippen LogP contribution in [-0.4, -0.2) is 18.2 Å². The maximum Gasteiger partial charge on any atom is 0.314 e. The Morgan fingerprint density at radius 1 is 1.44 bits per heavy atom. The summed E-state index contributed by atoms with van der Waals surface area (Å²) in [6.45, 7) is 3.31. The zero-order chi connectivity index (χ0) is 12.3. The van der Waals surface area contributed by atoms with Gasteiger partial charge in [0.15, 0.2) is 0 Å². The molecule has 0 aliphatic heterocycles. The van der Waals surface area contributed by atoms with E-state index in [0.717, 1.165) is 4.47 Å². The largest absolute Gasteiger partial charge is 0.469 e. The first-order chi connectivity index (χ1) is 7.41. The van der Waals surface area contributed by atoms with Gasteiger partial charge in [-0.25, -0.2) is 0 Å². The molecule has 4 heteroatoms. The van der Waals surface area contributed by atoms with Gasteiger partial charge in [-0.15, -0.1) is 0 Å². The van der Waals surface area contributed by atoms with Crippen molar-refractivity contribution in [1.29, 1.82) is 0 Å². The second kappa shape index (κ2) is 4.97. The number of ether oxygens (including phenoxy) is 1. The molecule has 1 aromatic carbocycles. The SMILES string of the molecule is COC(=O)C(C)(C)[C@@H](O)c1ccccc1Br. The van der Waals surface area contributed by atoms with Crippen LogP contribution in [0.1, 0.15) is 25.5 Å². The van der Waals surface area contributed by atoms with Crippen LogP contribution in [0.2, 0.25) is 0 Å². The Kier molecular flexibility index (Phi) is 4.10. The fourth-order valence-corrected chi connectivity index (χ4v) is 1.96. The van der Waals surface area contributed by atoms with E-state index in [0.29, 0.717) is 5.56 Å². The number of benzene rings is 1. The van der Waals surface area contributed by atoms with Gasteiger partial charge in [-0.2, -0.15) is 0 Å². The monoisotopic (exact) mass is 286 g/mol. The molecule has 0 bridgehead atoms. The first-order valence-corrected chi connectivity index (χ1v) is 5.71. The van der Waals surface area contributed by atoms with Gasteiger partial charge in [0.25, 0.3) is 0 Å². The van der Waals surface area contributed by atoms with E-state index >= 15 is 0 Å². The molecule has 0 fully saturated rings. The second-order valence-electron chi connectivity index (χ2n) is 4.14. The van der Waals surface area contributed by atoms with Gasteiger partial charge in [-0.3, -0.25) is 4.79 Å². The average molecular weight is 287 g/mol. The molecule has 1 N–H and O–H groups in total. The molecule has 3 nitrogen and oxygen atoms in total. The first-order valence-electron chi connectivity index (χ1n) is 4.92. The fourth-order valence-electron chi connectivity index (χ4n) is 1.46. The predicted molar refractivity (Wildman–Crippen MR) is 64.9 cm³/mol. The number of hydrogen-bond donors (Lipinski definition) is 1. The molecule has 16 heavy (non-hydrogen) atoms. The van der Waals surface area contributed by atoms with Crippen molar-refractivity contribution in [1.82, 2.24) is 0 Å². The van der Waals surface area contributed by atoms with E-state index in [2.05, 4.69) is 20.7 Å². The summed E-state index contributed by atoms with van der Waals surface area (Å²) >= 11 is 3.35. The number of aliphatic hydroxyl groups excluding tert-OH is 1. The topological polar surface area (TPSA) is 46.5 Å². The summed E-state index contributed by atoms with van der Waals surface area (Å²) in [5.74, 6) is -0.434. The quantitative estimate of drug-likeness (QED) is 0.869. The van der Waals surface area contributed by atoms with E-state index in [1.54, 1.807) is 19.9 Å². The van der Waals surface area contributed by atoms with Crippen LogP contribution in [0.5, 0.6) is 0 Å². The minimum atomic E-state index is -0.974. The Hall–Kier alpha value is -0.870. The molecule has 1 aromatic rings. The summed E-state index contributed by atoms with van der Waals surface area (Å²) in [5.41, 5.74) is -0.295. The molecule has 0 heterocycles. The Balaban J connectivity index is 3.07. The molecule has 0 spiro atoms. The molecule has 0 aromatic heterocycles. The van der Waals surface area contributed by atoms with Gasteiger partial charge in [-0.05, 0) is 25.5 Å². The molecule has 0 saturated heterocycles. The third kappa shape index (κ3) is 2.44. The van der Waals surface area contributed by atoms with Gasteiger partial charge >= 0.3 is 5.97 Å².